The molecular weight excluding hydrogens is 276 g/mol. The number of carboxylic acid groups (broad SMARTS) is 1. The number of hydrogen-bond acceptors (Lipinski definition) is 5. The van der Waals surface area contributed by atoms with E-state index in [-0.39, 0.29) is 6.42 Å². The third-order valence-corrected chi connectivity index (χ3v) is 3.69. The molecule has 1 aromatic carbocycles. The summed E-state index contributed by atoms with van der Waals surface area (Å²) in [6.07, 6.45) is 1.15. The van der Waals surface area contributed by atoms with Crippen LogP contribution in [0, 0.1) is 6.92 Å². The maximum Gasteiger partial charge on any atom is 0.303 e. The Morgan fingerprint density at radius 3 is 2.80 bits per heavy atom. The number of aromatic nitrogens is 2. The van der Waals surface area contributed by atoms with Crippen LogP contribution in [-0.2, 0) is 17.0 Å². The molecule has 2 rings (SSSR count). The van der Waals surface area contributed by atoms with E-state index in [2.05, 4.69) is 41.3 Å². The largest absolute Gasteiger partial charge is 0.481 e. The summed E-state index contributed by atoms with van der Waals surface area (Å²) in [5.74, 6) is 0.984. The smallest absolute Gasteiger partial charge is 0.303 e. The molecule has 106 valence electrons. The van der Waals surface area contributed by atoms with Gasteiger partial charge in [-0.25, -0.2) is 0 Å². The molecule has 1 aromatic heterocycles. The van der Waals surface area contributed by atoms with Crippen LogP contribution in [0.5, 0.6) is 0 Å². The number of nitrogens with zero attached hydrogens (tertiary/aromatic N) is 2. The highest BCUT2D eigenvalue weighted by Gasteiger charge is 2.07. The summed E-state index contributed by atoms with van der Waals surface area (Å²) < 4.78 is 5.09. The van der Waals surface area contributed by atoms with Crippen LogP contribution in [0.2, 0.25) is 0 Å². The van der Waals surface area contributed by atoms with Gasteiger partial charge >= 0.3 is 5.97 Å². The maximum absolute atomic E-state index is 10.4. The summed E-state index contributed by atoms with van der Waals surface area (Å²) in [6, 6.07) is 8.26. The second-order valence-electron chi connectivity index (χ2n) is 4.45. The SMILES string of the molecule is Cc1ccc(SCc2noc(CCCC(=O)O)n2)cc1. The maximum atomic E-state index is 10.4. The minimum Gasteiger partial charge on any atom is -0.481 e. The fourth-order valence-electron chi connectivity index (χ4n) is 1.62. The Balaban J connectivity index is 1.80. The van der Waals surface area contributed by atoms with Gasteiger partial charge in [0.1, 0.15) is 0 Å². The molecule has 0 radical (unpaired) electrons. The monoisotopic (exact) mass is 292 g/mol. The van der Waals surface area contributed by atoms with Gasteiger partial charge in [-0.2, -0.15) is 4.98 Å². The molecule has 0 saturated carbocycles. The van der Waals surface area contributed by atoms with Crippen LogP contribution in [0.15, 0.2) is 33.7 Å². The second kappa shape index (κ2) is 7.09. The molecule has 2 aromatic rings. The third kappa shape index (κ3) is 4.70. The molecule has 0 atom stereocenters. The summed E-state index contributed by atoms with van der Waals surface area (Å²) in [5.41, 5.74) is 1.23. The lowest BCUT2D eigenvalue weighted by Crippen LogP contribution is -1.96. The average molecular weight is 292 g/mol. The van der Waals surface area contributed by atoms with Gasteiger partial charge in [-0.3, -0.25) is 4.79 Å². The van der Waals surface area contributed by atoms with Crippen molar-refractivity contribution in [3.05, 3.63) is 41.5 Å². The fourth-order valence-corrected chi connectivity index (χ4v) is 2.37. The van der Waals surface area contributed by atoms with Gasteiger partial charge in [0.05, 0.1) is 5.75 Å². The van der Waals surface area contributed by atoms with Crippen molar-refractivity contribution in [3.63, 3.8) is 0 Å². The molecule has 0 aliphatic carbocycles. The van der Waals surface area contributed by atoms with Crippen molar-refractivity contribution in [2.24, 2.45) is 0 Å². The summed E-state index contributed by atoms with van der Waals surface area (Å²) in [6.45, 7) is 2.05. The number of benzene rings is 1. The highest BCUT2D eigenvalue weighted by molar-refractivity contribution is 7.98. The molecule has 0 aliphatic heterocycles. The number of aryl methyl sites for hydroxylation is 2. The first-order valence-corrected chi connectivity index (χ1v) is 7.35. The van der Waals surface area contributed by atoms with E-state index in [9.17, 15) is 4.79 Å². The molecule has 1 heterocycles. The van der Waals surface area contributed by atoms with Crippen molar-refractivity contribution in [2.45, 2.75) is 36.8 Å². The van der Waals surface area contributed by atoms with Gasteiger partial charge in [0.2, 0.25) is 5.89 Å². The van der Waals surface area contributed by atoms with Gasteiger partial charge < -0.3 is 9.63 Å². The van der Waals surface area contributed by atoms with E-state index >= 15 is 0 Å². The van der Waals surface area contributed by atoms with Gasteiger partial charge in [-0.15, -0.1) is 11.8 Å². The predicted octanol–water partition coefficient (Wildman–Crippen LogP) is 3.08. The first kappa shape index (κ1) is 14.6. The first-order valence-electron chi connectivity index (χ1n) is 6.36. The van der Waals surface area contributed by atoms with Crippen LogP contribution in [0.25, 0.3) is 0 Å². The van der Waals surface area contributed by atoms with Gasteiger partial charge in [0, 0.05) is 17.7 Å². The van der Waals surface area contributed by atoms with E-state index in [0.29, 0.717) is 30.3 Å². The molecule has 5 nitrogen and oxygen atoms in total. The van der Waals surface area contributed by atoms with E-state index in [4.69, 9.17) is 9.63 Å². The molecule has 6 heteroatoms. The molecule has 0 aliphatic rings. The van der Waals surface area contributed by atoms with Crippen LogP contribution in [0.4, 0.5) is 0 Å². The van der Waals surface area contributed by atoms with E-state index in [1.165, 1.54) is 5.56 Å². The summed E-state index contributed by atoms with van der Waals surface area (Å²) in [7, 11) is 0. The van der Waals surface area contributed by atoms with Gasteiger partial charge in [0.15, 0.2) is 5.82 Å². The molecule has 0 unspecified atom stereocenters. The Bertz CT molecular complexity index is 566. The zero-order chi connectivity index (χ0) is 14.4. The summed E-state index contributed by atoms with van der Waals surface area (Å²) in [4.78, 5) is 15.8. The second-order valence-corrected chi connectivity index (χ2v) is 5.50. The fraction of sp³-hybridized carbons (Fsp3) is 0.357. The number of thioether (sulfide) groups is 1. The van der Waals surface area contributed by atoms with Crippen LogP contribution in [-0.4, -0.2) is 21.2 Å². The molecule has 0 fully saturated rings. The van der Waals surface area contributed by atoms with Gasteiger partial charge in [-0.1, -0.05) is 22.9 Å². The highest BCUT2D eigenvalue weighted by Crippen LogP contribution is 2.21. The first-order chi connectivity index (χ1) is 9.63. The lowest BCUT2D eigenvalue weighted by atomic mass is 10.2. The lowest BCUT2D eigenvalue weighted by Gasteiger charge is -1.98. The third-order valence-electron chi connectivity index (χ3n) is 2.68. The van der Waals surface area contributed by atoms with Crippen molar-refractivity contribution < 1.29 is 14.4 Å². The zero-order valence-corrected chi connectivity index (χ0v) is 12.0. The van der Waals surface area contributed by atoms with Gasteiger partial charge in [-0.05, 0) is 25.5 Å². The van der Waals surface area contributed by atoms with Crippen molar-refractivity contribution >= 4 is 17.7 Å². The molecule has 0 bridgehead atoms. The van der Waals surface area contributed by atoms with Crippen LogP contribution >= 0.6 is 11.8 Å². The molecule has 0 spiro atoms. The molecule has 20 heavy (non-hydrogen) atoms. The summed E-state index contributed by atoms with van der Waals surface area (Å²) in [5, 5.41) is 12.4. The Labute approximate surface area is 121 Å². The normalized spacial score (nSPS) is 10.7. The van der Waals surface area contributed by atoms with Crippen molar-refractivity contribution in [2.75, 3.05) is 0 Å². The van der Waals surface area contributed by atoms with E-state index in [1.807, 2.05) is 0 Å². The van der Waals surface area contributed by atoms with Crippen molar-refractivity contribution in [1.29, 1.82) is 0 Å². The quantitative estimate of drug-likeness (QED) is 0.790. The molecule has 1 N–H and O–H groups in total. The van der Waals surface area contributed by atoms with E-state index in [1.54, 1.807) is 11.8 Å². The molecule has 0 amide bonds. The Hall–Kier alpha value is -1.82. The Kier molecular flexibility index (Phi) is 5.17. The lowest BCUT2D eigenvalue weighted by molar-refractivity contribution is -0.137. The zero-order valence-electron chi connectivity index (χ0n) is 11.2. The number of rotatable bonds is 7. The number of hydrogen-bond donors (Lipinski definition) is 1. The van der Waals surface area contributed by atoms with Crippen LogP contribution < -0.4 is 0 Å². The number of carboxylic acids is 1. The topological polar surface area (TPSA) is 76.2 Å². The summed E-state index contributed by atoms with van der Waals surface area (Å²) >= 11 is 1.65. The average Bonchev–Trinajstić information content (AvgIpc) is 2.86. The van der Waals surface area contributed by atoms with Crippen molar-refractivity contribution in [1.82, 2.24) is 10.1 Å². The van der Waals surface area contributed by atoms with Gasteiger partial charge in [0.25, 0.3) is 0 Å². The van der Waals surface area contributed by atoms with E-state index < -0.39 is 5.97 Å². The minimum atomic E-state index is -0.806. The standard InChI is InChI=1S/C14H16N2O3S/c1-10-5-7-11(8-6-10)20-9-12-15-13(19-16-12)3-2-4-14(17)18/h5-8H,2-4,9H2,1H3,(H,17,18). The highest BCUT2D eigenvalue weighted by atomic mass is 32.2. The van der Waals surface area contributed by atoms with Crippen molar-refractivity contribution in [3.8, 4) is 0 Å². The molecule has 0 saturated heterocycles. The Morgan fingerprint density at radius 1 is 1.35 bits per heavy atom. The minimum absolute atomic E-state index is 0.121. The van der Waals surface area contributed by atoms with Crippen LogP contribution in [0.1, 0.15) is 30.1 Å². The number of carbonyl (C=O) groups is 1. The predicted molar refractivity (Wildman–Crippen MR) is 75.6 cm³/mol. The number of aliphatic carboxylic acids is 1. The Morgan fingerprint density at radius 2 is 2.10 bits per heavy atom. The van der Waals surface area contributed by atoms with E-state index in [0.717, 1.165) is 4.90 Å². The molecular formula is C14H16N2O3S. The van der Waals surface area contributed by atoms with Crippen LogP contribution in [0.3, 0.4) is 0 Å².